The molecule has 1 aromatic carbocycles. The van der Waals surface area contributed by atoms with E-state index in [1.54, 1.807) is 30.3 Å². The summed E-state index contributed by atoms with van der Waals surface area (Å²) in [6.07, 6.45) is 8.54. The van der Waals surface area contributed by atoms with Gasteiger partial charge in [-0.25, -0.2) is 4.79 Å². The molecule has 1 heterocycles. The Bertz CT molecular complexity index is 1250. The lowest BCUT2D eigenvalue weighted by atomic mass is 9.72. The minimum Gasteiger partial charge on any atom is -0.479 e. The van der Waals surface area contributed by atoms with E-state index in [2.05, 4.69) is 39.8 Å². The van der Waals surface area contributed by atoms with Gasteiger partial charge in [-0.15, -0.1) is 0 Å². The van der Waals surface area contributed by atoms with Crippen LogP contribution in [-0.4, -0.2) is 62.7 Å². The molecule has 0 radical (unpaired) electrons. The van der Waals surface area contributed by atoms with Crippen LogP contribution in [0.25, 0.3) is 0 Å². The van der Waals surface area contributed by atoms with Crippen LogP contribution in [0.3, 0.4) is 0 Å². The zero-order chi connectivity index (χ0) is 30.3. The number of carbonyl (C=O) groups is 2. The Morgan fingerprint density at radius 1 is 0.976 bits per heavy atom. The largest absolute Gasteiger partial charge is 0.479 e. The molecule has 2 aliphatic rings. The second kappa shape index (κ2) is 14.2. The Morgan fingerprint density at radius 2 is 1.63 bits per heavy atom. The highest BCUT2D eigenvalue weighted by Gasteiger charge is 2.46. The highest BCUT2D eigenvalue weighted by atomic mass is 16.6. The van der Waals surface area contributed by atoms with Crippen LogP contribution in [0.5, 0.6) is 0 Å². The van der Waals surface area contributed by atoms with E-state index in [1.807, 2.05) is 25.2 Å². The maximum Gasteiger partial charge on any atom is 0.335 e. The number of hydrogen-bond donors (Lipinski definition) is 4. The molecular formula is C34H44O7. The number of aliphatic hydroxyl groups is 3. The van der Waals surface area contributed by atoms with Gasteiger partial charge in [-0.3, -0.25) is 4.79 Å². The van der Waals surface area contributed by atoms with Gasteiger partial charge in [0.05, 0.1) is 6.10 Å². The quantitative estimate of drug-likeness (QED) is 0.238. The van der Waals surface area contributed by atoms with E-state index >= 15 is 0 Å². The number of carboxylic acid groups (broad SMARTS) is 1. The summed E-state index contributed by atoms with van der Waals surface area (Å²) >= 11 is 0. The third-order valence-corrected chi connectivity index (χ3v) is 7.96. The third kappa shape index (κ3) is 8.94. The minimum absolute atomic E-state index is 0.0325. The molecule has 0 saturated carbocycles. The van der Waals surface area contributed by atoms with Crippen LogP contribution in [0.4, 0.5) is 0 Å². The average molecular weight is 565 g/mol. The molecule has 222 valence electrons. The van der Waals surface area contributed by atoms with Crippen molar-refractivity contribution in [3.05, 3.63) is 94.1 Å². The summed E-state index contributed by atoms with van der Waals surface area (Å²) in [7, 11) is 0. The van der Waals surface area contributed by atoms with Gasteiger partial charge >= 0.3 is 5.97 Å². The van der Waals surface area contributed by atoms with Crippen molar-refractivity contribution in [2.24, 2.45) is 5.41 Å². The predicted molar refractivity (Wildman–Crippen MR) is 159 cm³/mol. The van der Waals surface area contributed by atoms with Crippen molar-refractivity contribution in [3.8, 4) is 0 Å². The summed E-state index contributed by atoms with van der Waals surface area (Å²) in [5, 5.41) is 39.3. The monoisotopic (exact) mass is 564 g/mol. The molecule has 0 spiro atoms. The molecule has 1 saturated heterocycles. The number of benzene rings is 1. The van der Waals surface area contributed by atoms with E-state index in [-0.39, 0.29) is 24.0 Å². The smallest absolute Gasteiger partial charge is 0.335 e. The lowest BCUT2D eigenvalue weighted by Crippen LogP contribution is -2.60. The van der Waals surface area contributed by atoms with Crippen LogP contribution in [0.2, 0.25) is 0 Å². The molecule has 0 aromatic heterocycles. The molecule has 1 aliphatic carbocycles. The van der Waals surface area contributed by atoms with Gasteiger partial charge < -0.3 is 25.2 Å². The zero-order valence-electron chi connectivity index (χ0n) is 24.7. The number of carbonyl (C=O) groups excluding carboxylic acids is 1. The normalized spacial score (nSPS) is 27.6. The lowest BCUT2D eigenvalue weighted by Gasteiger charge is -2.39. The molecular weight excluding hydrogens is 520 g/mol. The first kappa shape index (κ1) is 32.4. The molecule has 4 N–H and O–H groups in total. The fraction of sp³-hybridized carbons (Fsp3) is 0.471. The van der Waals surface area contributed by atoms with Crippen molar-refractivity contribution < 1.29 is 34.8 Å². The Balaban J connectivity index is 1.54. The second-order valence-electron chi connectivity index (χ2n) is 12.0. The molecule has 1 fully saturated rings. The van der Waals surface area contributed by atoms with Crippen LogP contribution in [0, 0.1) is 5.41 Å². The maximum atomic E-state index is 12.6. The highest BCUT2D eigenvalue weighted by Crippen LogP contribution is 2.40. The van der Waals surface area contributed by atoms with Gasteiger partial charge in [0.25, 0.3) is 0 Å². The Morgan fingerprint density at radius 3 is 2.27 bits per heavy atom. The van der Waals surface area contributed by atoms with Gasteiger partial charge in [0.1, 0.15) is 18.3 Å². The van der Waals surface area contributed by atoms with E-state index in [4.69, 9.17) is 4.74 Å². The summed E-state index contributed by atoms with van der Waals surface area (Å²) in [5.41, 5.74) is 6.65. The number of rotatable bonds is 10. The van der Waals surface area contributed by atoms with Crippen molar-refractivity contribution in [2.75, 3.05) is 0 Å². The van der Waals surface area contributed by atoms with Crippen molar-refractivity contribution in [3.63, 3.8) is 0 Å². The number of aliphatic carboxylic acids is 1. The van der Waals surface area contributed by atoms with E-state index in [0.717, 1.165) is 22.3 Å². The van der Waals surface area contributed by atoms with E-state index in [9.17, 15) is 30.0 Å². The Hall–Kier alpha value is -3.10. The van der Waals surface area contributed by atoms with Crippen molar-refractivity contribution >= 4 is 11.8 Å². The summed E-state index contributed by atoms with van der Waals surface area (Å²) in [6, 6.07) is 7.14. The van der Waals surface area contributed by atoms with Crippen LogP contribution in [0.15, 0.2) is 83.0 Å². The lowest BCUT2D eigenvalue weighted by molar-refractivity contribution is -0.227. The van der Waals surface area contributed by atoms with E-state index in [0.29, 0.717) is 0 Å². The van der Waals surface area contributed by atoms with Gasteiger partial charge in [0, 0.05) is 12.8 Å². The molecule has 7 heteroatoms. The molecule has 3 rings (SSSR count). The second-order valence-corrected chi connectivity index (χ2v) is 12.0. The molecule has 41 heavy (non-hydrogen) atoms. The summed E-state index contributed by atoms with van der Waals surface area (Å²) in [5.74, 6) is -1.44. The number of ether oxygens (including phenoxy) is 1. The van der Waals surface area contributed by atoms with Gasteiger partial charge in [0.2, 0.25) is 0 Å². The molecule has 5 atom stereocenters. The molecule has 7 nitrogen and oxygen atoms in total. The molecule has 1 aromatic rings. The number of ketones is 1. The zero-order valence-corrected chi connectivity index (χ0v) is 24.7. The number of aliphatic hydroxyl groups excluding tert-OH is 3. The van der Waals surface area contributed by atoms with Crippen LogP contribution in [-0.2, 0) is 27.2 Å². The standard InChI is InChI=1S/C34H44O7/c1-21(11-16-27-23(3)10-7-17-34(27,4)5)8-6-9-22(2)18-26(35)19-24-12-14-25(15-13-24)20-28-29(36)30(37)31(38)32(41-28)33(39)40/h6,8-9,11-16,18,28-32,36-38H,7,10,17,19-20H2,1-5H3,(H,39,40)/b9-6+,16-11+,21-8+,22-18+/t28-,29?,30+,31+,32?/m0/s1. The van der Waals surface area contributed by atoms with Crippen LogP contribution in [0.1, 0.15) is 65.0 Å². The fourth-order valence-corrected chi connectivity index (χ4v) is 5.54. The third-order valence-electron chi connectivity index (χ3n) is 7.96. The maximum absolute atomic E-state index is 12.6. The first-order valence-corrected chi connectivity index (χ1v) is 14.2. The SMILES string of the molecule is CC1=C(/C=C/C(C)=C/C=C/C(C)=C/C(=O)Cc2ccc(C[C@@H]3OC(C(=O)O)[C@H](O)[C@H](O)C3O)cc2)C(C)(C)CCC1. The summed E-state index contributed by atoms with van der Waals surface area (Å²) in [4.78, 5) is 23.9. The molecule has 0 bridgehead atoms. The topological polar surface area (TPSA) is 124 Å². The van der Waals surface area contributed by atoms with Gasteiger partial charge in [-0.1, -0.05) is 79.6 Å². The fourth-order valence-electron chi connectivity index (χ4n) is 5.54. The molecule has 1 aliphatic heterocycles. The van der Waals surface area contributed by atoms with Crippen molar-refractivity contribution in [1.82, 2.24) is 0 Å². The molecule has 0 amide bonds. The van der Waals surface area contributed by atoms with Crippen molar-refractivity contribution in [2.45, 2.75) is 97.2 Å². The highest BCUT2D eigenvalue weighted by molar-refractivity contribution is 5.92. The van der Waals surface area contributed by atoms with Gasteiger partial charge in [0.15, 0.2) is 11.9 Å². The van der Waals surface area contributed by atoms with Crippen LogP contribution < -0.4 is 0 Å². The number of allylic oxidation sites excluding steroid dienone is 10. The summed E-state index contributed by atoms with van der Waals surface area (Å²) in [6.45, 7) is 10.8. The number of hydrogen-bond acceptors (Lipinski definition) is 6. The Kier molecular flexibility index (Phi) is 11.2. The predicted octanol–water partition coefficient (Wildman–Crippen LogP) is 4.81. The van der Waals surface area contributed by atoms with Gasteiger partial charge in [-0.05, 0) is 73.8 Å². The minimum atomic E-state index is -1.71. The van der Waals surface area contributed by atoms with E-state index in [1.165, 1.54) is 30.4 Å². The average Bonchev–Trinajstić information content (AvgIpc) is 2.89. The van der Waals surface area contributed by atoms with Crippen LogP contribution >= 0.6 is 0 Å². The van der Waals surface area contributed by atoms with E-state index < -0.39 is 36.5 Å². The first-order chi connectivity index (χ1) is 19.3. The number of carboxylic acids is 1. The van der Waals surface area contributed by atoms with Gasteiger partial charge in [-0.2, -0.15) is 0 Å². The summed E-state index contributed by atoms with van der Waals surface area (Å²) < 4.78 is 5.35. The Labute approximate surface area is 243 Å². The molecule has 2 unspecified atom stereocenters. The van der Waals surface area contributed by atoms with Crippen molar-refractivity contribution in [1.29, 1.82) is 0 Å². The first-order valence-electron chi connectivity index (χ1n) is 14.2.